The van der Waals surface area contributed by atoms with Gasteiger partial charge in [-0.3, -0.25) is 0 Å². The van der Waals surface area contributed by atoms with Crippen LogP contribution in [-0.2, 0) is 9.84 Å². The maximum atomic E-state index is 11.8. The van der Waals surface area contributed by atoms with Crippen LogP contribution in [0, 0.1) is 0 Å². The van der Waals surface area contributed by atoms with Crippen molar-refractivity contribution in [2.45, 2.75) is 11.7 Å². The number of hydrogen-bond donors (Lipinski definition) is 0. The van der Waals surface area contributed by atoms with E-state index in [4.69, 9.17) is 4.42 Å². The van der Waals surface area contributed by atoms with Gasteiger partial charge in [0, 0.05) is 11.6 Å². The van der Waals surface area contributed by atoms with Gasteiger partial charge in [-0.25, -0.2) is 8.42 Å². The molecule has 1 aliphatic rings. The molecule has 0 saturated heterocycles. The third-order valence-corrected chi connectivity index (χ3v) is 5.50. The molecule has 0 radical (unpaired) electrons. The van der Waals surface area contributed by atoms with Gasteiger partial charge in [-0.05, 0) is 24.0 Å². The highest BCUT2D eigenvalue weighted by Crippen LogP contribution is 2.27. The lowest BCUT2D eigenvalue weighted by atomic mass is 10.2. The van der Waals surface area contributed by atoms with Gasteiger partial charge in [0.1, 0.15) is 11.3 Å². The molecule has 0 amide bonds. The van der Waals surface area contributed by atoms with Crippen LogP contribution < -0.4 is 0 Å². The van der Waals surface area contributed by atoms with Crippen molar-refractivity contribution < 1.29 is 12.8 Å². The Hall–Kier alpha value is -1.86. The van der Waals surface area contributed by atoms with E-state index in [-0.39, 0.29) is 10.3 Å². The van der Waals surface area contributed by atoms with Crippen LogP contribution in [0.15, 0.2) is 56.4 Å². The Bertz CT molecular complexity index is 838. The molecule has 7 heteroatoms. The number of fused-ring (bicyclic) bond motifs is 1. The Balaban J connectivity index is 1.86. The molecule has 0 saturated carbocycles. The maximum absolute atomic E-state index is 11.8. The highest BCUT2D eigenvalue weighted by molar-refractivity contribution is 8.11. The van der Waals surface area contributed by atoms with Crippen molar-refractivity contribution >= 4 is 43.8 Å². The van der Waals surface area contributed by atoms with E-state index in [1.54, 1.807) is 0 Å². The highest BCUT2D eigenvalue weighted by atomic mass is 32.2. The number of allylic oxidation sites excluding steroid dienone is 1. The Labute approximate surface area is 132 Å². The van der Waals surface area contributed by atoms with Crippen LogP contribution in [0.4, 0.5) is 0 Å². The molecule has 114 valence electrons. The summed E-state index contributed by atoms with van der Waals surface area (Å²) in [5.41, 5.74) is 0.756. The summed E-state index contributed by atoms with van der Waals surface area (Å²) in [7, 11) is -3.38. The van der Waals surface area contributed by atoms with Crippen molar-refractivity contribution in [1.29, 1.82) is 0 Å². The second kappa shape index (κ2) is 6.10. The Morgan fingerprint density at radius 2 is 2.23 bits per heavy atom. The van der Waals surface area contributed by atoms with E-state index in [1.165, 1.54) is 18.0 Å². The summed E-state index contributed by atoms with van der Waals surface area (Å²) in [5.74, 6) is 0.537. The van der Waals surface area contributed by atoms with Crippen LogP contribution in [0.2, 0.25) is 0 Å². The number of rotatable bonds is 3. The summed E-state index contributed by atoms with van der Waals surface area (Å²) in [5, 5.41) is 10.6. The van der Waals surface area contributed by atoms with Gasteiger partial charge >= 0.3 is 0 Å². The zero-order valence-electron chi connectivity index (χ0n) is 11.8. The summed E-state index contributed by atoms with van der Waals surface area (Å²) in [6.07, 6.45) is 5.16. The van der Waals surface area contributed by atoms with Gasteiger partial charge in [0.05, 0.1) is 11.5 Å². The summed E-state index contributed by atoms with van der Waals surface area (Å²) >= 11 is 1.44. The normalized spacial score (nSPS) is 19.5. The zero-order valence-corrected chi connectivity index (χ0v) is 13.5. The van der Waals surface area contributed by atoms with Crippen LogP contribution in [0.25, 0.3) is 11.0 Å². The largest absolute Gasteiger partial charge is 0.455 e. The van der Waals surface area contributed by atoms with E-state index < -0.39 is 9.84 Å². The summed E-state index contributed by atoms with van der Waals surface area (Å²) in [6.45, 7) is 0. The first kappa shape index (κ1) is 15.1. The minimum Gasteiger partial charge on any atom is -0.455 e. The van der Waals surface area contributed by atoms with Crippen molar-refractivity contribution in [3.8, 4) is 0 Å². The van der Waals surface area contributed by atoms with E-state index in [9.17, 15) is 8.42 Å². The lowest BCUT2D eigenvalue weighted by Gasteiger charge is -2.08. The topological polar surface area (TPSA) is 72.0 Å². The second-order valence-electron chi connectivity index (χ2n) is 4.87. The fourth-order valence-electron chi connectivity index (χ4n) is 2.13. The molecule has 3 rings (SSSR count). The molecule has 0 spiro atoms. The van der Waals surface area contributed by atoms with Crippen LogP contribution in [-0.4, -0.2) is 31.2 Å². The van der Waals surface area contributed by atoms with E-state index >= 15 is 0 Å². The fourth-order valence-corrected chi connectivity index (χ4v) is 4.39. The summed E-state index contributed by atoms with van der Waals surface area (Å²) in [6, 6.07) is 9.43. The highest BCUT2D eigenvalue weighted by Gasteiger charge is 2.26. The van der Waals surface area contributed by atoms with Crippen molar-refractivity contribution in [3.05, 3.63) is 47.6 Å². The van der Waals surface area contributed by atoms with Crippen molar-refractivity contribution in [2.75, 3.05) is 6.26 Å². The van der Waals surface area contributed by atoms with Crippen LogP contribution >= 0.6 is 11.8 Å². The molecular weight excluding hydrogens is 320 g/mol. The lowest BCUT2D eigenvalue weighted by molar-refractivity contribution is 0.607. The number of para-hydroxylation sites is 1. The monoisotopic (exact) mass is 334 g/mol. The number of nitrogens with zero attached hydrogens (tertiary/aromatic N) is 2. The molecule has 1 unspecified atom stereocenters. The molecule has 0 N–H and O–H groups in total. The number of hydrogen-bond acceptors (Lipinski definition) is 6. The molecule has 0 aliphatic carbocycles. The summed E-state index contributed by atoms with van der Waals surface area (Å²) in [4.78, 5) is 0. The molecule has 22 heavy (non-hydrogen) atoms. The Morgan fingerprint density at radius 3 is 2.91 bits per heavy atom. The molecule has 1 aromatic carbocycles. The standard InChI is InChI=1S/C15H14N2O3S2/c1-22(18,19)15(14-7-4-8-21-14)17-16-10-12-9-11-5-2-3-6-13(11)20-12/h2-6,8-10,14H,7H2,1H3/b16-10?,17-15-. The summed E-state index contributed by atoms with van der Waals surface area (Å²) < 4.78 is 29.2. The molecule has 0 bridgehead atoms. The predicted octanol–water partition coefficient (Wildman–Crippen LogP) is 3.23. The van der Waals surface area contributed by atoms with Gasteiger partial charge in [0.15, 0.2) is 14.9 Å². The third kappa shape index (κ3) is 3.31. The second-order valence-corrected chi connectivity index (χ2v) is 7.95. The van der Waals surface area contributed by atoms with Crippen LogP contribution in [0.5, 0.6) is 0 Å². The molecule has 5 nitrogen and oxygen atoms in total. The molecule has 1 atom stereocenters. The van der Waals surface area contributed by atoms with E-state index in [0.717, 1.165) is 17.2 Å². The van der Waals surface area contributed by atoms with Gasteiger partial charge in [-0.15, -0.1) is 16.9 Å². The van der Waals surface area contributed by atoms with E-state index in [2.05, 4.69) is 10.2 Å². The smallest absolute Gasteiger partial charge is 0.191 e. The van der Waals surface area contributed by atoms with Gasteiger partial charge in [0.2, 0.25) is 0 Å². The van der Waals surface area contributed by atoms with Gasteiger partial charge in [-0.2, -0.15) is 5.10 Å². The Kier molecular flexibility index (Phi) is 4.17. The molecular formula is C15H14N2O3S2. The average Bonchev–Trinajstić information content (AvgIpc) is 3.10. The lowest BCUT2D eigenvalue weighted by Crippen LogP contribution is -2.23. The minimum absolute atomic E-state index is 0.0925. The van der Waals surface area contributed by atoms with E-state index in [1.807, 2.05) is 41.8 Å². The van der Waals surface area contributed by atoms with Gasteiger partial charge < -0.3 is 4.42 Å². The Morgan fingerprint density at radius 1 is 1.41 bits per heavy atom. The first-order valence-corrected chi connectivity index (χ1v) is 9.47. The molecule has 1 aromatic heterocycles. The number of sulfone groups is 1. The maximum Gasteiger partial charge on any atom is 0.191 e. The fraction of sp³-hybridized carbons (Fsp3) is 0.200. The van der Waals surface area contributed by atoms with Gasteiger partial charge in [-0.1, -0.05) is 24.3 Å². The minimum atomic E-state index is -3.38. The van der Waals surface area contributed by atoms with Crippen molar-refractivity contribution in [3.63, 3.8) is 0 Å². The first-order valence-electron chi connectivity index (χ1n) is 6.64. The SMILES string of the molecule is CS(=O)(=O)/C(=N\N=Cc1cc2ccccc2o1)C1CC=CS1. The average molecular weight is 334 g/mol. The number of benzene rings is 1. The predicted molar refractivity (Wildman–Crippen MR) is 91.2 cm³/mol. The number of furan rings is 1. The number of thioether (sulfide) groups is 1. The van der Waals surface area contributed by atoms with Crippen molar-refractivity contribution in [2.24, 2.45) is 10.2 Å². The van der Waals surface area contributed by atoms with Gasteiger partial charge in [0.25, 0.3) is 0 Å². The zero-order chi connectivity index (χ0) is 15.6. The molecule has 2 aromatic rings. The molecule has 0 fully saturated rings. The quantitative estimate of drug-likeness (QED) is 0.491. The van der Waals surface area contributed by atoms with Crippen molar-refractivity contribution in [1.82, 2.24) is 0 Å². The van der Waals surface area contributed by atoms with Crippen LogP contribution in [0.1, 0.15) is 12.2 Å². The first-order chi connectivity index (χ1) is 10.5. The third-order valence-electron chi connectivity index (χ3n) is 3.13. The molecule has 2 heterocycles. The van der Waals surface area contributed by atoms with E-state index in [0.29, 0.717) is 12.2 Å². The molecule has 1 aliphatic heterocycles. The van der Waals surface area contributed by atoms with Crippen LogP contribution in [0.3, 0.4) is 0 Å².